The molecule has 0 radical (unpaired) electrons. The number of aromatic nitrogens is 1. The maximum atomic E-state index is 13.2. The van der Waals surface area contributed by atoms with Gasteiger partial charge in [0.25, 0.3) is 11.6 Å². The van der Waals surface area contributed by atoms with Crippen molar-refractivity contribution in [1.29, 1.82) is 0 Å². The van der Waals surface area contributed by atoms with Crippen molar-refractivity contribution in [3.63, 3.8) is 0 Å². The largest absolute Gasteiger partial charge is 0.312 e. The van der Waals surface area contributed by atoms with E-state index in [0.717, 1.165) is 16.4 Å². The molecule has 1 atom stereocenters. The van der Waals surface area contributed by atoms with Crippen LogP contribution in [0, 0.1) is 15.9 Å². The summed E-state index contributed by atoms with van der Waals surface area (Å²) in [7, 11) is -4.01. The van der Waals surface area contributed by atoms with Gasteiger partial charge >= 0.3 is 0 Å². The van der Waals surface area contributed by atoms with Crippen LogP contribution in [-0.2, 0) is 21.4 Å². The zero-order chi connectivity index (χ0) is 23.8. The minimum Gasteiger partial charge on any atom is -0.312 e. The molecule has 3 aromatic rings. The molecule has 0 aliphatic carbocycles. The number of benzene rings is 2. The highest BCUT2D eigenvalue weighted by molar-refractivity contribution is 7.89. The zero-order valence-electron chi connectivity index (χ0n) is 17.3. The van der Waals surface area contributed by atoms with Gasteiger partial charge in [-0.1, -0.05) is 17.4 Å². The van der Waals surface area contributed by atoms with E-state index < -0.39 is 32.7 Å². The van der Waals surface area contributed by atoms with Crippen LogP contribution in [0.4, 0.5) is 10.1 Å². The highest BCUT2D eigenvalue weighted by Crippen LogP contribution is 2.27. The summed E-state index contributed by atoms with van der Waals surface area (Å²) in [6, 6.07) is 7.81. The van der Waals surface area contributed by atoms with E-state index in [-0.39, 0.29) is 23.7 Å². The molecule has 4 rings (SSSR count). The summed E-state index contributed by atoms with van der Waals surface area (Å²) in [6.07, 6.45) is 2.37. The molecule has 9 nitrogen and oxygen atoms in total. The number of allylic oxidation sites excluding steroid dienone is 1. The number of halogens is 1. The standard InChI is InChI=1S/C21H19FN4O5S2/c1-2-11-24-18-13-15(26(28)29)7-10-19(18)32-21(24)23-20(27)17-4-3-12-25(17)33(30,31)16-8-5-14(22)6-9-16/h2,5-10,13,17H,1,3-4,11-12H2. The molecule has 2 heterocycles. The average molecular weight is 491 g/mol. The van der Waals surface area contributed by atoms with Crippen molar-refractivity contribution >= 4 is 43.2 Å². The lowest BCUT2D eigenvalue weighted by Crippen LogP contribution is -2.40. The van der Waals surface area contributed by atoms with E-state index in [2.05, 4.69) is 11.6 Å². The topological polar surface area (TPSA) is 115 Å². The van der Waals surface area contributed by atoms with Crippen molar-refractivity contribution in [2.45, 2.75) is 30.3 Å². The minimum absolute atomic E-state index is 0.0941. The number of hydrogen-bond donors (Lipinski definition) is 0. The van der Waals surface area contributed by atoms with Crippen LogP contribution >= 0.6 is 11.3 Å². The van der Waals surface area contributed by atoms with Crippen molar-refractivity contribution in [3.05, 3.63) is 75.9 Å². The number of sulfonamides is 1. The fraction of sp³-hybridized carbons (Fsp3) is 0.238. The lowest BCUT2D eigenvalue weighted by Gasteiger charge is -2.21. The molecule has 0 saturated carbocycles. The lowest BCUT2D eigenvalue weighted by molar-refractivity contribution is -0.384. The van der Waals surface area contributed by atoms with Crippen LogP contribution in [0.15, 0.2) is 65.0 Å². The van der Waals surface area contributed by atoms with Gasteiger partial charge in [-0.2, -0.15) is 9.30 Å². The highest BCUT2D eigenvalue weighted by Gasteiger charge is 2.39. The number of nitro groups is 1. The fourth-order valence-electron chi connectivity index (χ4n) is 3.75. The Morgan fingerprint density at radius 3 is 2.70 bits per heavy atom. The second kappa shape index (κ2) is 8.96. The molecule has 0 bridgehead atoms. The van der Waals surface area contributed by atoms with Crippen LogP contribution in [-0.4, -0.2) is 40.7 Å². The first-order valence-corrected chi connectivity index (χ1v) is 12.2. The second-order valence-corrected chi connectivity index (χ2v) is 10.3. The van der Waals surface area contributed by atoms with E-state index in [9.17, 15) is 27.7 Å². The summed E-state index contributed by atoms with van der Waals surface area (Å²) < 4.78 is 42.8. The van der Waals surface area contributed by atoms with Gasteiger partial charge in [0.05, 0.1) is 20.0 Å². The van der Waals surface area contributed by atoms with Crippen LogP contribution in [0.2, 0.25) is 0 Å². The van der Waals surface area contributed by atoms with E-state index in [0.29, 0.717) is 27.9 Å². The first-order chi connectivity index (χ1) is 15.7. The van der Waals surface area contributed by atoms with E-state index in [4.69, 9.17) is 0 Å². The Morgan fingerprint density at radius 2 is 2.03 bits per heavy atom. The Hall–Kier alpha value is -3.22. The number of carbonyl (C=O) groups is 1. The third kappa shape index (κ3) is 4.36. The minimum atomic E-state index is -4.01. The highest BCUT2D eigenvalue weighted by atomic mass is 32.2. The molecule has 33 heavy (non-hydrogen) atoms. The average Bonchev–Trinajstić information content (AvgIpc) is 3.40. The predicted octanol–water partition coefficient (Wildman–Crippen LogP) is 3.22. The van der Waals surface area contributed by atoms with Crippen molar-refractivity contribution in [3.8, 4) is 0 Å². The smallest absolute Gasteiger partial charge is 0.271 e. The summed E-state index contributed by atoms with van der Waals surface area (Å²) in [4.78, 5) is 28.1. The zero-order valence-corrected chi connectivity index (χ0v) is 18.9. The number of thiazole rings is 1. The second-order valence-electron chi connectivity index (χ2n) is 7.37. The number of carbonyl (C=O) groups excluding carboxylic acids is 1. The van der Waals surface area contributed by atoms with E-state index in [1.165, 1.54) is 35.6 Å². The van der Waals surface area contributed by atoms with Gasteiger partial charge < -0.3 is 4.57 Å². The summed E-state index contributed by atoms with van der Waals surface area (Å²) >= 11 is 1.17. The monoisotopic (exact) mass is 490 g/mol. The number of fused-ring (bicyclic) bond motifs is 1. The van der Waals surface area contributed by atoms with E-state index in [1.807, 2.05) is 0 Å². The van der Waals surface area contributed by atoms with Gasteiger partial charge in [0.2, 0.25) is 10.0 Å². The number of nitrogens with zero attached hydrogens (tertiary/aromatic N) is 4. The molecule has 1 unspecified atom stereocenters. The fourth-order valence-corrected chi connectivity index (χ4v) is 6.42. The Morgan fingerprint density at radius 1 is 1.30 bits per heavy atom. The summed E-state index contributed by atoms with van der Waals surface area (Å²) in [5.74, 6) is -1.19. The Balaban J connectivity index is 1.74. The molecular formula is C21H19FN4O5S2. The number of hydrogen-bond acceptors (Lipinski definition) is 6. The Labute approximate surface area is 192 Å². The van der Waals surface area contributed by atoms with Crippen molar-refractivity contribution in [2.24, 2.45) is 4.99 Å². The SMILES string of the molecule is C=CCn1c(=NC(=O)C2CCCN2S(=O)(=O)c2ccc(F)cc2)sc2ccc([N+](=O)[O-])cc21. The van der Waals surface area contributed by atoms with Crippen LogP contribution < -0.4 is 4.80 Å². The maximum absolute atomic E-state index is 13.2. The van der Waals surface area contributed by atoms with Crippen molar-refractivity contribution in [2.75, 3.05) is 6.54 Å². The molecule has 1 amide bonds. The predicted molar refractivity (Wildman–Crippen MR) is 121 cm³/mol. The van der Waals surface area contributed by atoms with Crippen molar-refractivity contribution in [1.82, 2.24) is 8.87 Å². The molecule has 0 N–H and O–H groups in total. The van der Waals surface area contributed by atoms with Crippen LogP contribution in [0.3, 0.4) is 0 Å². The molecule has 1 aromatic heterocycles. The third-order valence-corrected chi connectivity index (χ3v) is 8.28. The van der Waals surface area contributed by atoms with Gasteiger partial charge in [0.1, 0.15) is 11.9 Å². The van der Waals surface area contributed by atoms with Gasteiger partial charge in [-0.05, 0) is 43.2 Å². The molecule has 172 valence electrons. The quantitative estimate of drug-likeness (QED) is 0.299. The number of amides is 1. The first kappa shape index (κ1) is 23.0. The van der Waals surface area contributed by atoms with E-state index >= 15 is 0 Å². The van der Waals surface area contributed by atoms with Gasteiger partial charge in [0.15, 0.2) is 4.80 Å². The number of non-ortho nitro benzene ring substituents is 1. The van der Waals surface area contributed by atoms with Gasteiger partial charge in [-0.25, -0.2) is 12.8 Å². The molecule has 12 heteroatoms. The summed E-state index contributed by atoms with van der Waals surface area (Å²) in [5, 5.41) is 11.2. The Kier molecular flexibility index (Phi) is 6.23. The van der Waals surface area contributed by atoms with Gasteiger partial charge in [-0.15, -0.1) is 6.58 Å². The molecule has 1 aliphatic rings. The lowest BCUT2D eigenvalue weighted by atomic mass is 10.2. The maximum Gasteiger partial charge on any atom is 0.271 e. The molecule has 1 aliphatic heterocycles. The Bertz CT molecular complexity index is 1430. The molecule has 1 fully saturated rings. The summed E-state index contributed by atoms with van der Waals surface area (Å²) in [5.41, 5.74) is 0.436. The van der Waals surface area contributed by atoms with Crippen molar-refractivity contribution < 1.29 is 22.5 Å². The van der Waals surface area contributed by atoms with Gasteiger partial charge in [-0.3, -0.25) is 14.9 Å². The molecular weight excluding hydrogens is 471 g/mol. The molecule has 2 aromatic carbocycles. The number of nitro benzene ring substituents is 1. The molecule has 1 saturated heterocycles. The third-order valence-electron chi connectivity index (χ3n) is 5.30. The van der Waals surface area contributed by atoms with Crippen LogP contribution in [0.25, 0.3) is 10.2 Å². The van der Waals surface area contributed by atoms with E-state index in [1.54, 1.807) is 16.7 Å². The first-order valence-electron chi connectivity index (χ1n) is 9.97. The van der Waals surface area contributed by atoms with Gasteiger partial charge in [0, 0.05) is 25.2 Å². The molecule has 0 spiro atoms. The van der Waals surface area contributed by atoms with Crippen LogP contribution in [0.5, 0.6) is 0 Å². The summed E-state index contributed by atoms with van der Waals surface area (Å²) in [6.45, 7) is 4.10. The van der Waals surface area contributed by atoms with Crippen LogP contribution in [0.1, 0.15) is 12.8 Å². The normalized spacial score (nSPS) is 17.5. The number of rotatable bonds is 6.